The lowest BCUT2D eigenvalue weighted by Crippen LogP contribution is -2.33. The fraction of sp³-hybridized carbons (Fsp3) is 0.188. The van der Waals surface area contributed by atoms with E-state index in [9.17, 15) is 13.2 Å². The normalized spacial score (nSPS) is 12.3. The number of nitrogens with zero attached hydrogens (tertiary/aromatic N) is 2. The fourth-order valence-corrected chi connectivity index (χ4v) is 3.23. The standard InChI is InChI=1S/C16H15ClF3N3S2/c1-23(15(21)22-10-4-3-5-11(8-10)24-2)14-9-12(6-7-13(14)17)25-16(18,19)20/h3-9H,1-2H3,(H2,21,22). The summed E-state index contributed by atoms with van der Waals surface area (Å²) in [7, 11) is 1.60. The van der Waals surface area contributed by atoms with E-state index in [2.05, 4.69) is 4.99 Å². The van der Waals surface area contributed by atoms with Crippen LogP contribution in [0.3, 0.4) is 0 Å². The smallest absolute Gasteiger partial charge is 0.369 e. The number of rotatable bonds is 4. The highest BCUT2D eigenvalue weighted by Crippen LogP contribution is 2.39. The summed E-state index contributed by atoms with van der Waals surface area (Å²) in [5, 5.41) is 0.282. The highest BCUT2D eigenvalue weighted by molar-refractivity contribution is 8.00. The van der Waals surface area contributed by atoms with Crippen LogP contribution in [-0.2, 0) is 0 Å². The number of hydrogen-bond donors (Lipinski definition) is 1. The molecule has 0 amide bonds. The molecule has 0 saturated carbocycles. The van der Waals surface area contributed by atoms with Gasteiger partial charge in [0.25, 0.3) is 0 Å². The van der Waals surface area contributed by atoms with E-state index in [1.165, 1.54) is 23.1 Å². The Morgan fingerprint density at radius 1 is 1.16 bits per heavy atom. The molecular formula is C16H15ClF3N3S2. The number of aliphatic imine (C=N–C) groups is 1. The van der Waals surface area contributed by atoms with Crippen molar-refractivity contribution in [3.8, 4) is 0 Å². The van der Waals surface area contributed by atoms with Crippen molar-refractivity contribution in [1.29, 1.82) is 0 Å². The molecule has 0 saturated heterocycles. The maximum atomic E-state index is 12.6. The second kappa shape index (κ2) is 8.25. The first-order valence-corrected chi connectivity index (χ1v) is 9.39. The number of guanidine groups is 1. The second-order valence-corrected chi connectivity index (χ2v) is 7.32. The Morgan fingerprint density at radius 2 is 1.88 bits per heavy atom. The first-order chi connectivity index (χ1) is 11.7. The van der Waals surface area contributed by atoms with E-state index in [-0.39, 0.29) is 27.6 Å². The van der Waals surface area contributed by atoms with E-state index in [1.54, 1.807) is 24.9 Å². The van der Waals surface area contributed by atoms with Crippen molar-refractivity contribution in [3.63, 3.8) is 0 Å². The van der Waals surface area contributed by atoms with Crippen molar-refractivity contribution in [3.05, 3.63) is 47.5 Å². The van der Waals surface area contributed by atoms with Gasteiger partial charge >= 0.3 is 5.51 Å². The van der Waals surface area contributed by atoms with Crippen molar-refractivity contribution in [2.45, 2.75) is 15.3 Å². The molecule has 2 aromatic carbocycles. The van der Waals surface area contributed by atoms with Crippen LogP contribution in [0.5, 0.6) is 0 Å². The largest absolute Gasteiger partial charge is 0.446 e. The van der Waals surface area contributed by atoms with Crippen LogP contribution in [0.2, 0.25) is 5.02 Å². The molecule has 0 atom stereocenters. The van der Waals surface area contributed by atoms with Gasteiger partial charge in [0.05, 0.1) is 16.4 Å². The second-order valence-electron chi connectivity index (χ2n) is 4.89. The van der Waals surface area contributed by atoms with Gasteiger partial charge in [0.15, 0.2) is 0 Å². The molecule has 0 radical (unpaired) electrons. The van der Waals surface area contributed by atoms with Gasteiger partial charge in [-0.25, -0.2) is 4.99 Å². The molecule has 25 heavy (non-hydrogen) atoms. The van der Waals surface area contributed by atoms with E-state index in [0.717, 1.165) is 4.90 Å². The zero-order valence-electron chi connectivity index (χ0n) is 13.3. The Balaban J connectivity index is 2.30. The number of thioether (sulfide) groups is 2. The van der Waals surface area contributed by atoms with Gasteiger partial charge < -0.3 is 10.6 Å². The summed E-state index contributed by atoms with van der Waals surface area (Å²) < 4.78 is 37.7. The van der Waals surface area contributed by atoms with Crippen LogP contribution in [0.4, 0.5) is 24.5 Å². The lowest BCUT2D eigenvalue weighted by atomic mass is 10.3. The van der Waals surface area contributed by atoms with Gasteiger partial charge in [-0.05, 0) is 54.4 Å². The highest BCUT2D eigenvalue weighted by Gasteiger charge is 2.29. The van der Waals surface area contributed by atoms with Crippen LogP contribution in [0.1, 0.15) is 0 Å². The van der Waals surface area contributed by atoms with Crippen LogP contribution < -0.4 is 10.6 Å². The Hall–Kier alpha value is -1.51. The average Bonchev–Trinajstić information content (AvgIpc) is 2.54. The first-order valence-electron chi connectivity index (χ1n) is 6.97. The molecule has 0 unspecified atom stereocenters. The third-order valence-corrected chi connectivity index (χ3v) is 4.92. The van der Waals surface area contributed by atoms with Crippen LogP contribution >= 0.6 is 35.1 Å². The summed E-state index contributed by atoms with van der Waals surface area (Å²) in [4.78, 5) is 6.81. The Kier molecular flexibility index (Phi) is 6.53. The zero-order chi connectivity index (χ0) is 18.6. The molecular weight excluding hydrogens is 391 g/mol. The number of halogens is 4. The average molecular weight is 406 g/mol. The van der Waals surface area contributed by atoms with Gasteiger partial charge in [-0.2, -0.15) is 13.2 Å². The molecule has 0 spiro atoms. The highest BCUT2D eigenvalue weighted by atomic mass is 35.5. The molecule has 134 valence electrons. The maximum absolute atomic E-state index is 12.6. The molecule has 3 nitrogen and oxygen atoms in total. The van der Waals surface area contributed by atoms with Gasteiger partial charge in [-0.15, -0.1) is 11.8 Å². The molecule has 0 fully saturated rings. The number of anilines is 1. The van der Waals surface area contributed by atoms with Crippen molar-refractivity contribution in [2.24, 2.45) is 10.7 Å². The fourth-order valence-electron chi connectivity index (χ4n) is 1.96. The van der Waals surface area contributed by atoms with Gasteiger partial charge in [0.2, 0.25) is 5.96 Å². The third kappa shape index (κ3) is 5.76. The van der Waals surface area contributed by atoms with Crippen LogP contribution in [-0.4, -0.2) is 24.8 Å². The van der Waals surface area contributed by atoms with E-state index in [1.807, 2.05) is 24.5 Å². The van der Waals surface area contributed by atoms with Gasteiger partial charge in [0, 0.05) is 16.8 Å². The Bertz CT molecular complexity index is 781. The molecule has 2 rings (SSSR count). The number of alkyl halides is 3. The lowest BCUT2D eigenvalue weighted by molar-refractivity contribution is -0.0328. The SMILES string of the molecule is CSc1cccc(N=C(N)N(C)c2cc(SC(F)(F)F)ccc2Cl)c1. The number of benzene rings is 2. The Labute approximate surface area is 157 Å². The summed E-state index contributed by atoms with van der Waals surface area (Å²) in [5.74, 6) is 0.120. The minimum absolute atomic E-state index is 0.0240. The molecule has 0 aromatic heterocycles. The Morgan fingerprint density at radius 3 is 2.52 bits per heavy atom. The molecule has 0 aliphatic heterocycles. The van der Waals surface area contributed by atoms with Crippen LogP contribution in [0.25, 0.3) is 0 Å². The molecule has 0 heterocycles. The minimum Gasteiger partial charge on any atom is -0.369 e. The van der Waals surface area contributed by atoms with Crippen LogP contribution in [0.15, 0.2) is 57.2 Å². The summed E-state index contributed by atoms with van der Waals surface area (Å²) in [6.45, 7) is 0. The van der Waals surface area contributed by atoms with Crippen molar-refractivity contribution in [2.75, 3.05) is 18.2 Å². The van der Waals surface area contributed by atoms with Gasteiger partial charge in [-0.1, -0.05) is 17.7 Å². The molecule has 0 bridgehead atoms. The van der Waals surface area contributed by atoms with Gasteiger partial charge in [-0.3, -0.25) is 0 Å². The van der Waals surface area contributed by atoms with E-state index in [0.29, 0.717) is 11.4 Å². The molecule has 2 aromatic rings. The van der Waals surface area contributed by atoms with Crippen molar-refractivity contribution < 1.29 is 13.2 Å². The topological polar surface area (TPSA) is 41.6 Å². The van der Waals surface area contributed by atoms with Crippen molar-refractivity contribution >= 4 is 52.5 Å². The molecule has 0 aliphatic carbocycles. The number of nitrogens with two attached hydrogens (primary N) is 1. The predicted octanol–water partition coefficient (Wildman–Crippen LogP) is 5.76. The quantitative estimate of drug-likeness (QED) is 0.399. The molecule has 0 aliphatic rings. The van der Waals surface area contributed by atoms with Gasteiger partial charge in [0.1, 0.15) is 0 Å². The lowest BCUT2D eigenvalue weighted by Gasteiger charge is -2.20. The molecule has 2 N–H and O–H groups in total. The summed E-state index contributed by atoms with van der Waals surface area (Å²) in [6.07, 6.45) is 1.95. The summed E-state index contributed by atoms with van der Waals surface area (Å²) in [5.41, 5.74) is 2.62. The maximum Gasteiger partial charge on any atom is 0.446 e. The number of hydrogen-bond acceptors (Lipinski definition) is 3. The monoisotopic (exact) mass is 405 g/mol. The minimum atomic E-state index is -4.37. The van der Waals surface area contributed by atoms with Crippen molar-refractivity contribution in [1.82, 2.24) is 0 Å². The molecule has 9 heteroatoms. The summed E-state index contributed by atoms with van der Waals surface area (Å²) >= 11 is 7.47. The zero-order valence-corrected chi connectivity index (χ0v) is 15.7. The van der Waals surface area contributed by atoms with Crippen LogP contribution in [0, 0.1) is 0 Å². The predicted molar refractivity (Wildman–Crippen MR) is 101 cm³/mol. The first kappa shape index (κ1) is 19.8. The summed E-state index contributed by atoms with van der Waals surface area (Å²) in [6, 6.07) is 11.5. The van der Waals surface area contributed by atoms with E-state index >= 15 is 0 Å². The third-order valence-electron chi connectivity index (χ3n) is 3.15. The van der Waals surface area contributed by atoms with E-state index in [4.69, 9.17) is 17.3 Å². The van der Waals surface area contributed by atoms with E-state index < -0.39 is 5.51 Å².